The summed E-state index contributed by atoms with van der Waals surface area (Å²) in [6.07, 6.45) is 3.03. The van der Waals surface area contributed by atoms with Crippen LogP contribution in [0.4, 0.5) is 0 Å². The third-order valence-electron chi connectivity index (χ3n) is 1.90. The van der Waals surface area contributed by atoms with Gasteiger partial charge in [0, 0.05) is 12.7 Å². The number of carbonyl (C=O) groups is 2. The summed E-state index contributed by atoms with van der Waals surface area (Å²) in [5.74, 6) is -0.914. The van der Waals surface area contributed by atoms with E-state index in [1.165, 1.54) is 13.3 Å². The lowest BCUT2D eigenvalue weighted by Gasteiger charge is -2.03. The maximum atomic E-state index is 11.4. The number of nitriles is 1. The van der Waals surface area contributed by atoms with E-state index in [2.05, 4.69) is 15.4 Å². The molecule has 0 fully saturated rings. The molecule has 1 amide bonds. The van der Waals surface area contributed by atoms with Gasteiger partial charge in [-0.3, -0.25) is 9.59 Å². The highest BCUT2D eigenvalue weighted by Crippen LogP contribution is 1.91. The van der Waals surface area contributed by atoms with Crippen LogP contribution in [0.3, 0.4) is 0 Å². The van der Waals surface area contributed by atoms with Crippen molar-refractivity contribution in [2.75, 3.05) is 20.2 Å². The number of nitrogens with one attached hydrogen (secondary N) is 2. The Hall–Kier alpha value is -2.03. The summed E-state index contributed by atoms with van der Waals surface area (Å²) >= 11 is 0. The van der Waals surface area contributed by atoms with Crippen molar-refractivity contribution in [1.29, 1.82) is 5.26 Å². The van der Waals surface area contributed by atoms with Crippen LogP contribution in [-0.4, -0.2) is 32.1 Å². The van der Waals surface area contributed by atoms with Gasteiger partial charge in [0.05, 0.1) is 7.11 Å². The van der Waals surface area contributed by atoms with Crippen molar-refractivity contribution in [3.8, 4) is 6.07 Å². The minimum Gasteiger partial charge on any atom is -0.468 e. The summed E-state index contributed by atoms with van der Waals surface area (Å²) in [7, 11) is 1.26. The molecule has 0 rings (SSSR count). The molecule has 94 valence electrons. The van der Waals surface area contributed by atoms with E-state index >= 15 is 0 Å². The predicted molar refractivity (Wildman–Crippen MR) is 61.6 cm³/mol. The van der Waals surface area contributed by atoms with Gasteiger partial charge in [-0.15, -0.1) is 0 Å². The molecule has 0 saturated carbocycles. The van der Waals surface area contributed by atoms with E-state index in [1.54, 1.807) is 6.07 Å². The topological polar surface area (TPSA) is 91.2 Å². The molecular formula is C11H17N3O3. The van der Waals surface area contributed by atoms with Crippen LogP contribution in [0.2, 0.25) is 0 Å². The Labute approximate surface area is 101 Å². The van der Waals surface area contributed by atoms with Gasteiger partial charge in [0.2, 0.25) is 0 Å². The summed E-state index contributed by atoms with van der Waals surface area (Å²) in [5.41, 5.74) is -0.0648. The van der Waals surface area contributed by atoms with Crippen LogP contribution in [0.15, 0.2) is 11.8 Å². The predicted octanol–water partition coefficient (Wildman–Crippen LogP) is 0.0728. The smallest absolute Gasteiger partial charge is 0.325 e. The van der Waals surface area contributed by atoms with E-state index in [4.69, 9.17) is 5.26 Å². The lowest BCUT2D eigenvalue weighted by molar-refractivity contribution is -0.139. The highest BCUT2D eigenvalue weighted by molar-refractivity contribution is 5.97. The van der Waals surface area contributed by atoms with Crippen LogP contribution in [0.1, 0.15) is 19.8 Å². The van der Waals surface area contributed by atoms with Crippen LogP contribution < -0.4 is 10.6 Å². The van der Waals surface area contributed by atoms with Gasteiger partial charge in [-0.05, 0) is 6.42 Å². The summed E-state index contributed by atoms with van der Waals surface area (Å²) in [6, 6.07) is 1.75. The molecule has 6 nitrogen and oxygen atoms in total. The zero-order chi connectivity index (χ0) is 13.1. The fourth-order valence-corrected chi connectivity index (χ4v) is 0.931. The minimum absolute atomic E-state index is 0.0648. The highest BCUT2D eigenvalue weighted by atomic mass is 16.5. The largest absolute Gasteiger partial charge is 0.468 e. The maximum Gasteiger partial charge on any atom is 0.325 e. The molecule has 0 aromatic rings. The number of esters is 1. The number of carbonyl (C=O) groups excluding carboxylic acids is 2. The van der Waals surface area contributed by atoms with Gasteiger partial charge in [-0.2, -0.15) is 5.26 Å². The first kappa shape index (κ1) is 15.0. The number of ether oxygens (including phenoxy) is 1. The molecule has 0 aliphatic rings. The average molecular weight is 239 g/mol. The molecule has 0 aliphatic heterocycles. The molecule has 0 saturated heterocycles. The zero-order valence-electron chi connectivity index (χ0n) is 10.1. The van der Waals surface area contributed by atoms with Gasteiger partial charge in [0.15, 0.2) is 0 Å². The molecule has 6 heteroatoms. The van der Waals surface area contributed by atoms with Crippen molar-refractivity contribution in [2.24, 2.45) is 0 Å². The number of nitrogens with zero attached hydrogens (tertiary/aromatic N) is 1. The van der Waals surface area contributed by atoms with E-state index < -0.39 is 11.9 Å². The Kier molecular flexibility index (Phi) is 8.11. The Bertz CT molecular complexity index is 331. The second-order valence-electron chi connectivity index (χ2n) is 3.24. The number of methoxy groups -OCH3 is 1. The number of amides is 1. The summed E-state index contributed by atoms with van der Waals surface area (Å²) in [4.78, 5) is 22.2. The molecule has 0 aliphatic carbocycles. The molecule has 2 N–H and O–H groups in total. The first-order chi connectivity index (χ1) is 8.15. The monoisotopic (exact) mass is 239 g/mol. The molecule has 0 heterocycles. The molecule has 17 heavy (non-hydrogen) atoms. The van der Waals surface area contributed by atoms with Crippen LogP contribution in [0.25, 0.3) is 0 Å². The van der Waals surface area contributed by atoms with Crippen molar-refractivity contribution >= 4 is 11.9 Å². The van der Waals surface area contributed by atoms with Crippen LogP contribution in [0.5, 0.6) is 0 Å². The van der Waals surface area contributed by atoms with E-state index in [1.807, 2.05) is 6.92 Å². The summed E-state index contributed by atoms with van der Waals surface area (Å²) in [6.45, 7) is 2.46. The first-order valence-electron chi connectivity index (χ1n) is 5.34. The van der Waals surface area contributed by atoms with Crippen LogP contribution >= 0.6 is 0 Å². The average Bonchev–Trinajstić information content (AvgIpc) is 2.34. The zero-order valence-corrected chi connectivity index (χ0v) is 10.1. The Morgan fingerprint density at radius 1 is 1.47 bits per heavy atom. The molecule has 0 aromatic heterocycles. The molecule has 0 radical (unpaired) electrons. The van der Waals surface area contributed by atoms with Crippen LogP contribution in [0, 0.1) is 11.3 Å². The molecule has 0 unspecified atom stereocenters. The third kappa shape index (κ3) is 6.95. The van der Waals surface area contributed by atoms with Gasteiger partial charge in [0.25, 0.3) is 5.91 Å². The van der Waals surface area contributed by atoms with Gasteiger partial charge < -0.3 is 15.4 Å². The number of hydrogen-bond acceptors (Lipinski definition) is 5. The van der Waals surface area contributed by atoms with Gasteiger partial charge in [-0.25, -0.2) is 0 Å². The van der Waals surface area contributed by atoms with E-state index in [9.17, 15) is 9.59 Å². The third-order valence-corrected chi connectivity index (χ3v) is 1.90. The maximum absolute atomic E-state index is 11.4. The van der Waals surface area contributed by atoms with Gasteiger partial charge in [0.1, 0.15) is 18.2 Å². The normalized spacial score (nSPS) is 10.3. The van der Waals surface area contributed by atoms with E-state index in [-0.39, 0.29) is 12.1 Å². The fraction of sp³-hybridized carbons (Fsp3) is 0.545. The van der Waals surface area contributed by atoms with Crippen LogP contribution in [-0.2, 0) is 14.3 Å². The number of hydrogen-bond donors (Lipinski definition) is 2. The molecular weight excluding hydrogens is 222 g/mol. The number of rotatable bonds is 7. The Morgan fingerprint density at radius 3 is 2.71 bits per heavy atom. The van der Waals surface area contributed by atoms with Crippen molar-refractivity contribution in [3.63, 3.8) is 0 Å². The van der Waals surface area contributed by atoms with Crippen molar-refractivity contribution in [2.45, 2.75) is 19.8 Å². The molecule has 0 atom stereocenters. The summed E-state index contributed by atoms with van der Waals surface area (Å²) in [5, 5.41) is 13.9. The van der Waals surface area contributed by atoms with Crippen molar-refractivity contribution < 1.29 is 14.3 Å². The Morgan fingerprint density at radius 2 is 2.18 bits per heavy atom. The second kappa shape index (κ2) is 9.21. The summed E-state index contributed by atoms with van der Waals surface area (Å²) < 4.78 is 4.39. The quantitative estimate of drug-likeness (QED) is 0.284. The van der Waals surface area contributed by atoms with E-state index in [0.29, 0.717) is 6.54 Å². The van der Waals surface area contributed by atoms with Gasteiger partial charge >= 0.3 is 5.97 Å². The minimum atomic E-state index is -0.468. The lowest BCUT2D eigenvalue weighted by Crippen LogP contribution is -2.27. The van der Waals surface area contributed by atoms with Gasteiger partial charge in [-0.1, -0.05) is 13.3 Å². The van der Waals surface area contributed by atoms with Crippen molar-refractivity contribution in [1.82, 2.24) is 10.6 Å². The SMILES string of the molecule is CCCCNC(=O)/C(C#N)=C\NCC(=O)OC. The standard InChI is InChI=1S/C11H17N3O3/c1-3-4-5-14-11(16)9(6-12)7-13-8-10(15)17-2/h7,13H,3-5,8H2,1-2H3,(H,14,16)/b9-7-. The lowest BCUT2D eigenvalue weighted by atomic mass is 10.3. The molecule has 0 spiro atoms. The molecule has 0 bridgehead atoms. The molecule has 0 aromatic carbocycles. The van der Waals surface area contributed by atoms with Crippen molar-refractivity contribution in [3.05, 3.63) is 11.8 Å². The first-order valence-corrected chi connectivity index (χ1v) is 5.34. The fourth-order valence-electron chi connectivity index (χ4n) is 0.931. The highest BCUT2D eigenvalue weighted by Gasteiger charge is 2.07. The van der Waals surface area contributed by atoms with E-state index in [0.717, 1.165) is 12.8 Å². The number of unbranched alkanes of at least 4 members (excludes halogenated alkanes) is 1. The second-order valence-corrected chi connectivity index (χ2v) is 3.24. The Balaban J connectivity index is 4.12.